The fraction of sp³-hybridized carbons (Fsp3) is 0.467. The molecule has 3 N–H and O–H groups in total. The summed E-state index contributed by atoms with van der Waals surface area (Å²) in [5, 5.41) is 14.6. The lowest BCUT2D eigenvalue weighted by atomic mass is 10.2. The molecule has 1 amide bonds. The topological polar surface area (TPSA) is 79.8 Å². The van der Waals surface area contributed by atoms with Gasteiger partial charge in [0.05, 0.1) is 12.7 Å². The molecule has 0 heterocycles. The summed E-state index contributed by atoms with van der Waals surface area (Å²) in [5.41, 5.74) is 0.440. The number of benzene rings is 1. The van der Waals surface area contributed by atoms with Crippen LogP contribution < -0.4 is 15.4 Å². The highest BCUT2D eigenvalue weighted by atomic mass is 32.1. The van der Waals surface area contributed by atoms with E-state index in [0.29, 0.717) is 31.1 Å². The van der Waals surface area contributed by atoms with Crippen LogP contribution in [0.4, 0.5) is 0 Å². The van der Waals surface area contributed by atoms with E-state index in [1.54, 1.807) is 31.2 Å². The number of rotatable bonds is 8. The number of nitrogens with one attached hydrogen (secondary N) is 2. The zero-order chi connectivity index (χ0) is 16.4. The number of aliphatic hydroxyl groups is 1. The van der Waals surface area contributed by atoms with Crippen molar-refractivity contribution in [1.29, 1.82) is 0 Å². The Morgan fingerprint density at radius 1 is 1.41 bits per heavy atom. The molecule has 1 aromatic rings. The van der Waals surface area contributed by atoms with Gasteiger partial charge in [0.1, 0.15) is 12.4 Å². The quantitative estimate of drug-likeness (QED) is 0.490. The molecule has 0 saturated carbocycles. The highest BCUT2D eigenvalue weighted by Crippen LogP contribution is 2.13. The zero-order valence-corrected chi connectivity index (χ0v) is 13.6. The van der Waals surface area contributed by atoms with Crippen LogP contribution in [0.2, 0.25) is 0 Å². The number of hydrogen-bond acceptors (Lipinski definition) is 5. The van der Waals surface area contributed by atoms with E-state index in [0.717, 1.165) is 0 Å². The number of ether oxygens (including phenoxy) is 2. The molecule has 1 atom stereocenters. The first-order chi connectivity index (χ1) is 10.5. The van der Waals surface area contributed by atoms with Crippen molar-refractivity contribution < 1.29 is 19.4 Å². The van der Waals surface area contributed by atoms with E-state index in [1.165, 1.54) is 0 Å². The predicted octanol–water partition coefficient (Wildman–Crippen LogP) is 1.09. The Morgan fingerprint density at radius 2 is 2.18 bits per heavy atom. The minimum Gasteiger partial charge on any atom is -0.491 e. The summed E-state index contributed by atoms with van der Waals surface area (Å²) in [7, 11) is 0. The lowest BCUT2D eigenvalue weighted by Gasteiger charge is -2.11. The van der Waals surface area contributed by atoms with Gasteiger partial charge in [0.15, 0.2) is 5.11 Å². The number of amides is 1. The summed E-state index contributed by atoms with van der Waals surface area (Å²) in [6.45, 7) is 5.38. The van der Waals surface area contributed by atoms with Crippen LogP contribution in [0.5, 0.6) is 5.75 Å². The molecule has 1 aromatic carbocycles. The van der Waals surface area contributed by atoms with E-state index in [2.05, 4.69) is 10.6 Å². The highest BCUT2D eigenvalue weighted by Gasteiger charge is 2.09. The minimum atomic E-state index is -0.545. The van der Waals surface area contributed by atoms with Crippen molar-refractivity contribution in [2.75, 3.05) is 26.4 Å². The molecule has 7 heteroatoms. The molecule has 0 aliphatic carbocycles. The van der Waals surface area contributed by atoms with Crippen molar-refractivity contribution in [2.45, 2.75) is 20.0 Å². The summed E-state index contributed by atoms with van der Waals surface area (Å²) < 4.78 is 10.7. The fourth-order valence-electron chi connectivity index (χ4n) is 1.55. The monoisotopic (exact) mass is 326 g/mol. The Labute approximate surface area is 135 Å². The summed E-state index contributed by atoms with van der Waals surface area (Å²) >= 11 is 4.98. The molecule has 0 fully saturated rings. The molecule has 122 valence electrons. The fourth-order valence-corrected chi connectivity index (χ4v) is 1.73. The van der Waals surface area contributed by atoms with Gasteiger partial charge in [-0.25, -0.2) is 0 Å². The van der Waals surface area contributed by atoms with E-state index in [4.69, 9.17) is 26.8 Å². The van der Waals surface area contributed by atoms with Crippen LogP contribution in [0.15, 0.2) is 24.3 Å². The van der Waals surface area contributed by atoms with Crippen molar-refractivity contribution in [3.8, 4) is 5.75 Å². The molecule has 0 radical (unpaired) electrons. The van der Waals surface area contributed by atoms with Crippen molar-refractivity contribution >= 4 is 23.2 Å². The molecular formula is C15H22N2O4S. The van der Waals surface area contributed by atoms with Crippen LogP contribution in [0.3, 0.4) is 0 Å². The molecule has 1 rings (SSSR count). The molecule has 0 aromatic heterocycles. The second kappa shape index (κ2) is 10.1. The molecule has 6 nitrogen and oxygen atoms in total. The summed E-state index contributed by atoms with van der Waals surface area (Å²) in [6, 6.07) is 6.81. The number of carbonyl (C=O) groups is 1. The van der Waals surface area contributed by atoms with Gasteiger partial charge in [-0.1, -0.05) is 6.07 Å². The molecule has 22 heavy (non-hydrogen) atoms. The second-order valence-corrected chi connectivity index (χ2v) is 4.99. The van der Waals surface area contributed by atoms with Gasteiger partial charge in [-0.15, -0.1) is 0 Å². The minimum absolute atomic E-state index is 0.175. The van der Waals surface area contributed by atoms with E-state index < -0.39 is 6.10 Å². The molecule has 1 unspecified atom stereocenters. The van der Waals surface area contributed by atoms with Gasteiger partial charge < -0.3 is 19.9 Å². The van der Waals surface area contributed by atoms with E-state index in [1.807, 2.05) is 6.92 Å². The van der Waals surface area contributed by atoms with Gasteiger partial charge >= 0.3 is 0 Å². The molecule has 0 spiro atoms. The third-order valence-corrected chi connectivity index (χ3v) is 2.83. The van der Waals surface area contributed by atoms with Crippen molar-refractivity contribution in [1.82, 2.24) is 10.6 Å². The Balaban J connectivity index is 2.49. The third kappa shape index (κ3) is 7.35. The second-order valence-electron chi connectivity index (χ2n) is 4.59. The average Bonchev–Trinajstić information content (AvgIpc) is 2.50. The first-order valence-electron chi connectivity index (χ1n) is 7.10. The van der Waals surface area contributed by atoms with Crippen molar-refractivity contribution in [3.63, 3.8) is 0 Å². The van der Waals surface area contributed by atoms with E-state index in [-0.39, 0.29) is 17.6 Å². The SMILES string of the molecule is CCOCCOc1cccc(C(=O)NC(=S)NCC(C)O)c1. The van der Waals surface area contributed by atoms with Crippen molar-refractivity contribution in [3.05, 3.63) is 29.8 Å². The van der Waals surface area contributed by atoms with E-state index >= 15 is 0 Å². The summed E-state index contributed by atoms with van der Waals surface area (Å²) in [5.74, 6) is 0.258. The van der Waals surface area contributed by atoms with Crippen LogP contribution in [0.1, 0.15) is 24.2 Å². The van der Waals surface area contributed by atoms with Crippen LogP contribution in [0.25, 0.3) is 0 Å². The van der Waals surface area contributed by atoms with Gasteiger partial charge in [-0.2, -0.15) is 0 Å². The summed E-state index contributed by atoms with van der Waals surface area (Å²) in [6.07, 6.45) is -0.545. The molecular weight excluding hydrogens is 304 g/mol. The van der Waals surface area contributed by atoms with Gasteiger partial charge in [0, 0.05) is 18.7 Å². The van der Waals surface area contributed by atoms with Gasteiger partial charge in [-0.05, 0) is 44.3 Å². The Kier molecular flexibility index (Phi) is 8.42. The van der Waals surface area contributed by atoms with Crippen molar-refractivity contribution in [2.24, 2.45) is 0 Å². The Hall–Kier alpha value is -1.70. The molecule has 0 aliphatic heterocycles. The lowest BCUT2D eigenvalue weighted by molar-refractivity contribution is 0.0974. The van der Waals surface area contributed by atoms with Crippen LogP contribution in [0, 0.1) is 0 Å². The Morgan fingerprint density at radius 3 is 2.86 bits per heavy atom. The maximum absolute atomic E-state index is 12.0. The molecule has 0 bridgehead atoms. The normalized spacial score (nSPS) is 11.6. The number of thiocarbonyl (C=S) groups is 1. The first kappa shape index (κ1) is 18.3. The zero-order valence-electron chi connectivity index (χ0n) is 12.8. The lowest BCUT2D eigenvalue weighted by Crippen LogP contribution is -2.41. The predicted molar refractivity (Wildman–Crippen MR) is 88.2 cm³/mol. The Bertz CT molecular complexity index is 494. The molecule has 0 aliphatic rings. The maximum atomic E-state index is 12.0. The van der Waals surface area contributed by atoms with Crippen LogP contribution >= 0.6 is 12.2 Å². The maximum Gasteiger partial charge on any atom is 0.257 e. The van der Waals surface area contributed by atoms with E-state index in [9.17, 15) is 4.79 Å². The molecule has 0 saturated heterocycles. The average molecular weight is 326 g/mol. The number of carbonyl (C=O) groups excluding carboxylic acids is 1. The standard InChI is InChI=1S/C15H22N2O4S/c1-3-20-7-8-21-13-6-4-5-12(9-13)14(19)17-15(22)16-10-11(2)18/h4-6,9,11,18H,3,7-8,10H2,1-2H3,(H2,16,17,19,22). The van der Waals surface area contributed by atoms with Crippen LogP contribution in [-0.2, 0) is 4.74 Å². The smallest absolute Gasteiger partial charge is 0.257 e. The first-order valence-corrected chi connectivity index (χ1v) is 7.51. The highest BCUT2D eigenvalue weighted by molar-refractivity contribution is 7.80. The van der Waals surface area contributed by atoms with Gasteiger partial charge in [0.25, 0.3) is 5.91 Å². The van der Waals surface area contributed by atoms with Gasteiger partial charge in [0.2, 0.25) is 0 Å². The largest absolute Gasteiger partial charge is 0.491 e. The third-order valence-electron chi connectivity index (χ3n) is 2.58. The number of hydrogen-bond donors (Lipinski definition) is 3. The number of aliphatic hydroxyl groups excluding tert-OH is 1. The van der Waals surface area contributed by atoms with Crippen LogP contribution in [-0.4, -0.2) is 48.6 Å². The van der Waals surface area contributed by atoms with Gasteiger partial charge in [-0.3, -0.25) is 10.1 Å². The summed E-state index contributed by atoms with van der Waals surface area (Å²) in [4.78, 5) is 12.0.